The SMILES string of the molecule is Cc1cnc(NC(=O)[C@H](COC(C)CO)Oc2ncnc3c2cnn3-c2c(Cl)cccc2C#N)cn1. The first-order valence-electron chi connectivity index (χ1n) is 10.8. The van der Waals surface area contributed by atoms with Crippen LogP contribution >= 0.6 is 11.6 Å². The zero-order valence-electron chi connectivity index (χ0n) is 19.3. The third-order valence-corrected chi connectivity index (χ3v) is 5.32. The lowest BCUT2D eigenvalue weighted by Gasteiger charge is -2.20. The fraction of sp³-hybridized carbons (Fsp3) is 0.261. The molecule has 0 aliphatic heterocycles. The van der Waals surface area contributed by atoms with Crippen LogP contribution in [0.1, 0.15) is 18.2 Å². The van der Waals surface area contributed by atoms with E-state index >= 15 is 0 Å². The van der Waals surface area contributed by atoms with Gasteiger partial charge in [0, 0.05) is 0 Å². The van der Waals surface area contributed by atoms with Crippen LogP contribution in [0.3, 0.4) is 0 Å². The minimum absolute atomic E-state index is 0.0622. The average molecular weight is 509 g/mol. The molecule has 36 heavy (non-hydrogen) atoms. The molecule has 3 heterocycles. The summed E-state index contributed by atoms with van der Waals surface area (Å²) in [5.41, 5.74) is 1.67. The Hall–Kier alpha value is -4.18. The summed E-state index contributed by atoms with van der Waals surface area (Å²) in [5, 5.41) is 26.5. The normalized spacial score (nSPS) is 12.6. The van der Waals surface area contributed by atoms with Gasteiger partial charge in [0.15, 0.2) is 11.5 Å². The molecule has 0 radical (unpaired) electrons. The maximum Gasteiger partial charge on any atom is 0.269 e. The van der Waals surface area contributed by atoms with Crippen molar-refractivity contribution in [3.8, 4) is 17.6 Å². The van der Waals surface area contributed by atoms with Gasteiger partial charge in [-0.3, -0.25) is 9.78 Å². The van der Waals surface area contributed by atoms with E-state index in [1.54, 1.807) is 32.0 Å². The third kappa shape index (κ3) is 5.38. The van der Waals surface area contributed by atoms with Crippen molar-refractivity contribution < 1.29 is 19.4 Å². The number of aliphatic hydroxyl groups is 1. The highest BCUT2D eigenvalue weighted by molar-refractivity contribution is 6.32. The predicted octanol–water partition coefficient (Wildman–Crippen LogP) is 2.22. The molecule has 0 fully saturated rings. The Morgan fingerprint density at radius 1 is 1.25 bits per heavy atom. The lowest BCUT2D eigenvalue weighted by molar-refractivity contribution is -0.127. The minimum atomic E-state index is -1.17. The second-order valence-electron chi connectivity index (χ2n) is 7.69. The number of nitrogens with one attached hydrogen (secondary N) is 1. The Morgan fingerprint density at radius 2 is 2.08 bits per heavy atom. The molecule has 0 aliphatic carbocycles. The monoisotopic (exact) mass is 508 g/mol. The highest BCUT2D eigenvalue weighted by atomic mass is 35.5. The number of nitriles is 1. The Morgan fingerprint density at radius 3 is 2.81 bits per heavy atom. The second kappa shape index (κ2) is 11.0. The van der Waals surface area contributed by atoms with Gasteiger partial charge in [-0.25, -0.2) is 19.6 Å². The van der Waals surface area contributed by atoms with E-state index in [1.165, 1.54) is 29.6 Å². The number of aliphatic hydroxyl groups excluding tert-OH is 1. The molecule has 0 saturated carbocycles. The van der Waals surface area contributed by atoms with Gasteiger partial charge >= 0.3 is 0 Å². The minimum Gasteiger partial charge on any atom is -0.461 e. The smallest absolute Gasteiger partial charge is 0.269 e. The molecule has 3 aromatic heterocycles. The van der Waals surface area contributed by atoms with Crippen LogP contribution in [0.15, 0.2) is 43.1 Å². The summed E-state index contributed by atoms with van der Waals surface area (Å²) in [7, 11) is 0. The van der Waals surface area contributed by atoms with Crippen LogP contribution in [0, 0.1) is 18.3 Å². The number of aryl methyl sites for hydroxylation is 1. The van der Waals surface area contributed by atoms with E-state index in [2.05, 4.69) is 36.4 Å². The number of benzene rings is 1. The second-order valence-corrected chi connectivity index (χ2v) is 8.09. The van der Waals surface area contributed by atoms with Crippen molar-refractivity contribution in [3.63, 3.8) is 0 Å². The molecule has 0 saturated heterocycles. The summed E-state index contributed by atoms with van der Waals surface area (Å²) >= 11 is 6.35. The van der Waals surface area contributed by atoms with E-state index in [4.69, 9.17) is 21.1 Å². The Kier molecular flexibility index (Phi) is 7.65. The summed E-state index contributed by atoms with van der Waals surface area (Å²) in [6, 6.07) is 7.00. The van der Waals surface area contributed by atoms with E-state index in [1.807, 2.05) is 0 Å². The van der Waals surface area contributed by atoms with Crippen molar-refractivity contribution in [1.82, 2.24) is 29.7 Å². The Balaban J connectivity index is 1.66. The quantitative estimate of drug-likeness (QED) is 0.343. The number of nitrogens with zero attached hydrogens (tertiary/aromatic N) is 7. The number of carbonyl (C=O) groups is 1. The van der Waals surface area contributed by atoms with Crippen molar-refractivity contribution >= 4 is 34.4 Å². The van der Waals surface area contributed by atoms with Crippen molar-refractivity contribution in [2.75, 3.05) is 18.5 Å². The number of amides is 1. The van der Waals surface area contributed by atoms with Gasteiger partial charge in [0.1, 0.15) is 23.5 Å². The maximum atomic E-state index is 13.0. The van der Waals surface area contributed by atoms with Crippen molar-refractivity contribution in [2.45, 2.75) is 26.1 Å². The Bertz CT molecular complexity index is 1420. The highest BCUT2D eigenvalue weighted by Gasteiger charge is 2.25. The van der Waals surface area contributed by atoms with Gasteiger partial charge in [-0.1, -0.05) is 17.7 Å². The molecule has 2 N–H and O–H groups in total. The van der Waals surface area contributed by atoms with Crippen LogP contribution in [0.25, 0.3) is 16.7 Å². The highest BCUT2D eigenvalue weighted by Crippen LogP contribution is 2.29. The molecule has 4 aromatic rings. The number of ether oxygens (including phenoxy) is 2. The summed E-state index contributed by atoms with van der Waals surface area (Å²) in [4.78, 5) is 29.7. The number of anilines is 1. The van der Waals surface area contributed by atoms with Gasteiger partial charge in [0.05, 0.1) is 54.2 Å². The molecule has 184 valence electrons. The topological polar surface area (TPSA) is 161 Å². The molecule has 12 nitrogen and oxygen atoms in total. The molecule has 0 spiro atoms. The van der Waals surface area contributed by atoms with Gasteiger partial charge in [0.2, 0.25) is 12.0 Å². The number of carbonyl (C=O) groups excluding carboxylic acids is 1. The zero-order chi connectivity index (χ0) is 25.7. The fourth-order valence-electron chi connectivity index (χ4n) is 3.17. The van der Waals surface area contributed by atoms with Crippen LogP contribution < -0.4 is 10.1 Å². The van der Waals surface area contributed by atoms with Gasteiger partial charge in [-0.2, -0.15) is 10.4 Å². The summed E-state index contributed by atoms with van der Waals surface area (Å²) in [6.45, 7) is 3.01. The van der Waals surface area contributed by atoms with Crippen LogP contribution in [0.2, 0.25) is 5.02 Å². The van der Waals surface area contributed by atoms with Crippen molar-refractivity contribution in [3.05, 3.63) is 59.4 Å². The molecule has 4 rings (SSSR count). The summed E-state index contributed by atoms with van der Waals surface area (Å²) < 4.78 is 12.9. The number of hydrogen-bond donors (Lipinski definition) is 2. The van der Waals surface area contributed by atoms with E-state index < -0.39 is 18.1 Å². The Labute approximate surface area is 210 Å². The van der Waals surface area contributed by atoms with Gasteiger partial charge in [0.25, 0.3) is 5.91 Å². The molecule has 2 atom stereocenters. The van der Waals surface area contributed by atoms with Crippen LogP contribution in [0.5, 0.6) is 5.88 Å². The molecule has 0 bridgehead atoms. The predicted molar refractivity (Wildman–Crippen MR) is 129 cm³/mol. The summed E-state index contributed by atoms with van der Waals surface area (Å²) in [5.74, 6) is -0.264. The number of halogens is 1. The standard InChI is InChI=1S/C23H21ClN8O4/c1-13-7-27-19(9-26-13)31-22(34)18(11-35-14(2)10-33)36-23-16-8-30-32(21(16)28-12-29-23)20-15(6-25)4-3-5-17(20)24/h3-5,7-9,12,14,18,33H,10-11H2,1-2H3,(H,27,31,34)/t14?,18-/m0/s1. The lowest BCUT2D eigenvalue weighted by atomic mass is 10.2. The first kappa shape index (κ1) is 24.9. The molecule has 1 aromatic carbocycles. The van der Waals surface area contributed by atoms with E-state index in [-0.39, 0.29) is 24.9 Å². The first-order chi connectivity index (χ1) is 17.4. The van der Waals surface area contributed by atoms with E-state index in [0.717, 1.165) is 0 Å². The summed E-state index contributed by atoms with van der Waals surface area (Å²) in [6.07, 6.45) is 3.94. The zero-order valence-corrected chi connectivity index (χ0v) is 20.0. The largest absolute Gasteiger partial charge is 0.461 e. The van der Waals surface area contributed by atoms with Crippen molar-refractivity contribution in [1.29, 1.82) is 5.26 Å². The van der Waals surface area contributed by atoms with Crippen molar-refractivity contribution in [2.24, 2.45) is 0 Å². The molecular formula is C23H21ClN8O4. The number of fused-ring (bicyclic) bond motifs is 1. The van der Waals surface area contributed by atoms with Crippen LogP contribution in [0.4, 0.5) is 5.82 Å². The molecule has 0 aliphatic rings. The van der Waals surface area contributed by atoms with Gasteiger partial charge < -0.3 is 19.9 Å². The number of para-hydroxylation sites is 1. The fourth-order valence-corrected chi connectivity index (χ4v) is 3.42. The number of rotatable bonds is 9. The number of aromatic nitrogens is 6. The lowest BCUT2D eigenvalue weighted by Crippen LogP contribution is -2.38. The van der Waals surface area contributed by atoms with Gasteiger partial charge in [-0.05, 0) is 26.0 Å². The average Bonchev–Trinajstić information content (AvgIpc) is 3.31. The third-order valence-electron chi connectivity index (χ3n) is 5.02. The number of hydrogen-bond acceptors (Lipinski definition) is 10. The van der Waals surface area contributed by atoms with E-state index in [0.29, 0.717) is 33.0 Å². The van der Waals surface area contributed by atoms with Crippen LogP contribution in [-0.4, -0.2) is 66.2 Å². The van der Waals surface area contributed by atoms with E-state index in [9.17, 15) is 15.2 Å². The molecule has 1 amide bonds. The molecular weight excluding hydrogens is 488 g/mol. The molecule has 1 unspecified atom stereocenters. The molecule has 13 heteroatoms. The van der Waals surface area contributed by atoms with Gasteiger partial charge in [-0.15, -0.1) is 0 Å². The maximum absolute atomic E-state index is 13.0. The van der Waals surface area contributed by atoms with Crippen LogP contribution in [-0.2, 0) is 9.53 Å². The first-order valence-corrected chi connectivity index (χ1v) is 11.2.